The number of rotatable bonds is 6. The molecule has 148 valence electrons. The smallest absolute Gasteiger partial charge is 0.247 e. The van der Waals surface area contributed by atoms with E-state index in [1.54, 1.807) is 24.0 Å². The van der Waals surface area contributed by atoms with Crippen molar-refractivity contribution in [3.05, 3.63) is 18.2 Å². The van der Waals surface area contributed by atoms with Crippen LogP contribution in [-0.2, 0) is 14.8 Å². The largest absolute Gasteiger partial charge is 0.497 e. The number of amides is 1. The van der Waals surface area contributed by atoms with Gasteiger partial charge in [-0.2, -0.15) is 4.31 Å². The van der Waals surface area contributed by atoms with E-state index >= 15 is 0 Å². The van der Waals surface area contributed by atoms with Crippen LogP contribution in [-0.4, -0.2) is 70.5 Å². The number of piperazine rings is 1. The van der Waals surface area contributed by atoms with Gasteiger partial charge in [-0.1, -0.05) is 6.92 Å². The van der Waals surface area contributed by atoms with Crippen LogP contribution in [0.4, 0.5) is 0 Å². The molecule has 1 aliphatic heterocycles. The highest BCUT2D eigenvalue weighted by molar-refractivity contribution is 7.89. The third kappa shape index (κ3) is 4.59. The number of nitrogens with two attached hydrogens (primary N) is 1. The number of carbonyl (C=O) groups is 1. The molecule has 8 nitrogen and oxygen atoms in total. The normalized spacial score (nSPS) is 16.5. The first-order valence-electron chi connectivity index (χ1n) is 8.06. The van der Waals surface area contributed by atoms with Crippen molar-refractivity contribution in [2.75, 3.05) is 46.9 Å². The molecule has 1 fully saturated rings. The molecule has 0 radical (unpaired) electrons. The molecule has 1 heterocycles. The number of nitrogens with zero attached hydrogens (tertiary/aromatic N) is 2. The van der Waals surface area contributed by atoms with Gasteiger partial charge in [0.25, 0.3) is 0 Å². The summed E-state index contributed by atoms with van der Waals surface area (Å²) in [5.41, 5.74) is 5.53. The molecule has 0 saturated carbocycles. The van der Waals surface area contributed by atoms with E-state index in [4.69, 9.17) is 15.2 Å². The lowest BCUT2D eigenvalue weighted by Gasteiger charge is -2.35. The fourth-order valence-corrected chi connectivity index (χ4v) is 4.28. The van der Waals surface area contributed by atoms with E-state index < -0.39 is 10.0 Å². The number of benzene rings is 1. The molecule has 0 aliphatic carbocycles. The van der Waals surface area contributed by atoms with E-state index in [2.05, 4.69) is 0 Å². The molecule has 0 spiro atoms. The fraction of sp³-hybridized carbons (Fsp3) is 0.562. The Balaban J connectivity index is 0.00000338. The average molecular weight is 408 g/mol. The van der Waals surface area contributed by atoms with Gasteiger partial charge in [-0.05, 0) is 12.1 Å². The SMILES string of the molecule is COc1ccc(OC)c(S(=O)(=O)N2CCN(C(=O)C(C)CN)CC2)c1.Cl. The highest BCUT2D eigenvalue weighted by atomic mass is 35.5. The summed E-state index contributed by atoms with van der Waals surface area (Å²) in [7, 11) is -0.851. The first kappa shape index (κ1) is 22.5. The summed E-state index contributed by atoms with van der Waals surface area (Å²) in [5, 5.41) is 0. The molecule has 0 bridgehead atoms. The van der Waals surface area contributed by atoms with Crippen LogP contribution in [0.3, 0.4) is 0 Å². The van der Waals surface area contributed by atoms with E-state index in [9.17, 15) is 13.2 Å². The van der Waals surface area contributed by atoms with Gasteiger partial charge in [0.05, 0.1) is 14.2 Å². The summed E-state index contributed by atoms with van der Waals surface area (Å²) in [6, 6.07) is 4.65. The summed E-state index contributed by atoms with van der Waals surface area (Å²) in [4.78, 5) is 13.9. The van der Waals surface area contributed by atoms with Gasteiger partial charge < -0.3 is 20.1 Å². The lowest BCUT2D eigenvalue weighted by atomic mass is 10.1. The Hall–Kier alpha value is -1.55. The zero-order valence-corrected chi connectivity index (χ0v) is 16.8. The number of sulfonamides is 1. The first-order valence-corrected chi connectivity index (χ1v) is 9.50. The van der Waals surface area contributed by atoms with Crippen LogP contribution in [0.2, 0.25) is 0 Å². The van der Waals surface area contributed by atoms with Crippen molar-refractivity contribution in [2.45, 2.75) is 11.8 Å². The Labute approximate surface area is 160 Å². The van der Waals surface area contributed by atoms with Crippen LogP contribution < -0.4 is 15.2 Å². The number of hydrogen-bond donors (Lipinski definition) is 1. The Morgan fingerprint density at radius 3 is 2.31 bits per heavy atom. The highest BCUT2D eigenvalue weighted by Gasteiger charge is 2.33. The Morgan fingerprint density at radius 2 is 1.81 bits per heavy atom. The number of methoxy groups -OCH3 is 2. The monoisotopic (exact) mass is 407 g/mol. The first-order chi connectivity index (χ1) is 11.8. The van der Waals surface area contributed by atoms with Gasteiger partial charge in [0.15, 0.2) is 0 Å². The lowest BCUT2D eigenvalue weighted by molar-refractivity contribution is -0.135. The van der Waals surface area contributed by atoms with E-state index in [1.807, 2.05) is 0 Å². The van der Waals surface area contributed by atoms with Gasteiger partial charge >= 0.3 is 0 Å². The van der Waals surface area contributed by atoms with Crippen molar-refractivity contribution in [2.24, 2.45) is 11.7 Å². The molecule has 10 heteroatoms. The second kappa shape index (κ2) is 9.40. The molecule has 1 aliphatic rings. The van der Waals surface area contributed by atoms with Gasteiger partial charge in [-0.15, -0.1) is 12.4 Å². The zero-order valence-electron chi connectivity index (χ0n) is 15.2. The quantitative estimate of drug-likeness (QED) is 0.738. The van der Waals surface area contributed by atoms with Crippen molar-refractivity contribution < 1.29 is 22.7 Å². The van der Waals surface area contributed by atoms with Crippen LogP contribution in [0.15, 0.2) is 23.1 Å². The van der Waals surface area contributed by atoms with Crippen LogP contribution in [0, 0.1) is 5.92 Å². The standard InChI is InChI=1S/C16H25N3O5S.ClH/c1-12(11-17)16(20)18-6-8-19(9-7-18)25(21,22)15-10-13(23-2)4-5-14(15)24-3;/h4-5,10,12H,6-9,11,17H2,1-3H3;1H. The van der Waals surface area contributed by atoms with Crippen LogP contribution in [0.1, 0.15) is 6.92 Å². The maximum Gasteiger partial charge on any atom is 0.247 e. The molecule has 1 aromatic carbocycles. The summed E-state index contributed by atoms with van der Waals surface area (Å²) in [6.07, 6.45) is 0. The fourth-order valence-electron chi connectivity index (χ4n) is 2.69. The molecule has 1 unspecified atom stereocenters. The molecule has 2 N–H and O–H groups in total. The van der Waals surface area contributed by atoms with Gasteiger partial charge in [-0.3, -0.25) is 4.79 Å². The van der Waals surface area contributed by atoms with Crippen LogP contribution >= 0.6 is 12.4 Å². The number of ether oxygens (including phenoxy) is 2. The van der Waals surface area contributed by atoms with Gasteiger partial charge in [0.1, 0.15) is 16.4 Å². The van der Waals surface area contributed by atoms with E-state index in [1.165, 1.54) is 24.6 Å². The maximum absolute atomic E-state index is 13.0. The summed E-state index contributed by atoms with van der Waals surface area (Å²) in [5.74, 6) is 0.390. The maximum atomic E-state index is 13.0. The molecule has 2 rings (SSSR count). The minimum atomic E-state index is -3.75. The number of hydrogen-bond acceptors (Lipinski definition) is 6. The predicted molar refractivity (Wildman–Crippen MR) is 100 cm³/mol. The van der Waals surface area contributed by atoms with E-state index in [-0.39, 0.29) is 54.5 Å². The minimum Gasteiger partial charge on any atom is -0.497 e. The second-order valence-corrected chi connectivity index (χ2v) is 7.79. The molecule has 1 saturated heterocycles. The van der Waals surface area contributed by atoms with Crippen molar-refractivity contribution in [3.63, 3.8) is 0 Å². The van der Waals surface area contributed by atoms with Gasteiger partial charge in [-0.25, -0.2) is 8.42 Å². The van der Waals surface area contributed by atoms with Crippen molar-refractivity contribution in [1.29, 1.82) is 0 Å². The summed E-state index contributed by atoms with van der Waals surface area (Å²) < 4.78 is 37.6. The molecule has 1 atom stereocenters. The van der Waals surface area contributed by atoms with Crippen molar-refractivity contribution >= 4 is 28.3 Å². The Bertz CT molecular complexity index is 721. The highest BCUT2D eigenvalue weighted by Crippen LogP contribution is 2.31. The molecule has 0 aromatic heterocycles. The summed E-state index contributed by atoms with van der Waals surface area (Å²) in [6.45, 7) is 3.19. The Kier molecular flexibility index (Phi) is 8.14. The number of halogens is 1. The van der Waals surface area contributed by atoms with Gasteiger partial charge in [0, 0.05) is 44.7 Å². The molecular formula is C16H26ClN3O5S. The Morgan fingerprint density at radius 1 is 1.19 bits per heavy atom. The molecule has 1 amide bonds. The van der Waals surface area contributed by atoms with E-state index in [0.717, 1.165) is 0 Å². The third-order valence-electron chi connectivity index (χ3n) is 4.31. The minimum absolute atomic E-state index is 0. The van der Waals surface area contributed by atoms with E-state index in [0.29, 0.717) is 18.8 Å². The molecule has 26 heavy (non-hydrogen) atoms. The summed E-state index contributed by atoms with van der Waals surface area (Å²) >= 11 is 0. The van der Waals surface area contributed by atoms with Gasteiger partial charge in [0.2, 0.25) is 15.9 Å². The zero-order chi connectivity index (χ0) is 18.6. The number of carbonyl (C=O) groups excluding carboxylic acids is 1. The average Bonchev–Trinajstić information content (AvgIpc) is 2.66. The van der Waals surface area contributed by atoms with Crippen LogP contribution in [0.25, 0.3) is 0 Å². The molecule has 1 aromatic rings. The predicted octanol–water partition coefficient (Wildman–Crippen LogP) is 0.553. The van der Waals surface area contributed by atoms with Crippen LogP contribution in [0.5, 0.6) is 11.5 Å². The topological polar surface area (TPSA) is 102 Å². The lowest BCUT2D eigenvalue weighted by Crippen LogP contribution is -2.52. The third-order valence-corrected chi connectivity index (χ3v) is 6.23. The van der Waals surface area contributed by atoms with Crippen molar-refractivity contribution in [1.82, 2.24) is 9.21 Å². The molecular weight excluding hydrogens is 382 g/mol. The second-order valence-electron chi connectivity index (χ2n) is 5.88. The van der Waals surface area contributed by atoms with Crippen molar-refractivity contribution in [3.8, 4) is 11.5 Å².